The van der Waals surface area contributed by atoms with Gasteiger partial charge in [0.1, 0.15) is 5.76 Å². The minimum Gasteiger partial charge on any atom is -0.427 e. The van der Waals surface area contributed by atoms with E-state index in [0.717, 1.165) is 15.6 Å². The number of aryl methyl sites for hydroxylation is 2. The summed E-state index contributed by atoms with van der Waals surface area (Å²) >= 11 is 1.59. The Kier molecular flexibility index (Phi) is 7.76. The van der Waals surface area contributed by atoms with Gasteiger partial charge >= 0.3 is 5.97 Å². The zero-order valence-electron chi connectivity index (χ0n) is 18.4. The molecule has 1 unspecified atom stereocenters. The number of rotatable bonds is 8. The Morgan fingerprint density at radius 1 is 1.23 bits per heavy atom. The van der Waals surface area contributed by atoms with E-state index in [1.54, 1.807) is 35.6 Å². The lowest BCUT2D eigenvalue weighted by molar-refractivity contribution is -0.116. The molecule has 0 fully saturated rings. The number of esters is 1. The second kappa shape index (κ2) is 10.5. The Balaban J connectivity index is 2.00. The van der Waals surface area contributed by atoms with Gasteiger partial charge in [0, 0.05) is 23.6 Å². The molecule has 1 aromatic carbocycles. The van der Waals surface area contributed by atoms with E-state index in [0.29, 0.717) is 48.5 Å². The fourth-order valence-electron chi connectivity index (χ4n) is 3.41. The van der Waals surface area contributed by atoms with Gasteiger partial charge in [-0.15, -0.1) is 11.3 Å². The molecule has 0 aliphatic heterocycles. The maximum Gasteiger partial charge on any atom is 0.343 e. The average molecular weight is 441 g/mol. The summed E-state index contributed by atoms with van der Waals surface area (Å²) < 4.78 is 5.82. The Morgan fingerprint density at radius 2 is 1.97 bits per heavy atom. The smallest absolute Gasteiger partial charge is 0.343 e. The van der Waals surface area contributed by atoms with Crippen LogP contribution in [0.2, 0.25) is 0 Å². The van der Waals surface area contributed by atoms with Crippen LogP contribution in [0.1, 0.15) is 65.0 Å². The van der Waals surface area contributed by atoms with Crippen LogP contribution in [-0.4, -0.2) is 23.3 Å². The molecule has 2 aromatic rings. The number of hydroxylamine groups is 1. The maximum atomic E-state index is 13.3. The van der Waals surface area contributed by atoms with E-state index in [4.69, 9.17) is 9.57 Å². The number of thiazole rings is 1. The topological polar surface area (TPSA) is 77.5 Å². The van der Waals surface area contributed by atoms with Gasteiger partial charge in [-0.2, -0.15) is 0 Å². The average Bonchev–Trinajstić information content (AvgIpc) is 3.10. The van der Waals surface area contributed by atoms with Gasteiger partial charge < -0.3 is 4.74 Å². The Hall–Kier alpha value is -2.77. The first-order valence-electron chi connectivity index (χ1n) is 10.5. The molecule has 1 N–H and O–H groups in total. The van der Waals surface area contributed by atoms with Crippen LogP contribution in [0.5, 0.6) is 0 Å². The van der Waals surface area contributed by atoms with Gasteiger partial charge in [-0.3, -0.25) is 15.1 Å². The second-order valence-electron chi connectivity index (χ2n) is 7.34. The van der Waals surface area contributed by atoms with Gasteiger partial charge in [-0.25, -0.2) is 9.78 Å². The van der Waals surface area contributed by atoms with E-state index in [1.165, 1.54) is 0 Å². The van der Waals surface area contributed by atoms with E-state index in [2.05, 4.69) is 10.5 Å². The highest BCUT2D eigenvalue weighted by Crippen LogP contribution is 2.39. The molecule has 31 heavy (non-hydrogen) atoms. The largest absolute Gasteiger partial charge is 0.427 e. The predicted octanol–water partition coefficient (Wildman–Crippen LogP) is 5.15. The number of ether oxygens (including phenoxy) is 1. The Morgan fingerprint density at radius 3 is 2.58 bits per heavy atom. The van der Waals surface area contributed by atoms with Crippen LogP contribution in [0.4, 0.5) is 0 Å². The molecular formula is C24H28N2O4S. The van der Waals surface area contributed by atoms with Crippen molar-refractivity contribution in [1.82, 2.24) is 10.5 Å². The molecule has 1 heterocycles. The molecule has 1 aromatic heterocycles. The van der Waals surface area contributed by atoms with Gasteiger partial charge in [0.25, 0.3) is 0 Å². The highest BCUT2D eigenvalue weighted by molar-refractivity contribution is 7.11. The van der Waals surface area contributed by atoms with Crippen molar-refractivity contribution in [2.24, 2.45) is 0 Å². The number of nitrogens with one attached hydrogen (secondary N) is 1. The molecule has 0 radical (unpaired) electrons. The fraction of sp³-hybridized carbons (Fsp3) is 0.375. The molecule has 164 valence electrons. The molecule has 1 aliphatic carbocycles. The molecule has 1 atom stereocenters. The van der Waals surface area contributed by atoms with E-state index in [1.807, 2.05) is 39.8 Å². The van der Waals surface area contributed by atoms with Crippen LogP contribution in [0.15, 0.2) is 53.4 Å². The summed E-state index contributed by atoms with van der Waals surface area (Å²) in [7, 11) is 0. The first kappa shape index (κ1) is 22.9. The predicted molar refractivity (Wildman–Crippen MR) is 121 cm³/mol. The molecule has 0 spiro atoms. The molecule has 7 heteroatoms. The number of carbonyl (C=O) groups excluding carboxylic acids is 2. The third-order valence-electron chi connectivity index (χ3n) is 5.05. The van der Waals surface area contributed by atoms with Gasteiger partial charge in [-0.05, 0) is 39.3 Å². The van der Waals surface area contributed by atoms with Gasteiger partial charge in [0.2, 0.25) is 0 Å². The third-order valence-corrected chi connectivity index (χ3v) is 6.28. The minimum atomic E-state index is -0.486. The summed E-state index contributed by atoms with van der Waals surface area (Å²) in [5, 5.41) is 0.898. The summed E-state index contributed by atoms with van der Waals surface area (Å²) in [6.07, 6.45) is 3.29. The van der Waals surface area contributed by atoms with Crippen LogP contribution in [0, 0.1) is 13.8 Å². The normalized spacial score (nSPS) is 17.1. The van der Waals surface area contributed by atoms with Crippen LogP contribution < -0.4 is 5.48 Å². The molecule has 0 amide bonds. The number of hydrogen-bond acceptors (Lipinski definition) is 7. The number of nitrogens with zero attached hydrogens (tertiary/aromatic N) is 1. The molecule has 0 saturated heterocycles. The van der Waals surface area contributed by atoms with Gasteiger partial charge in [0.15, 0.2) is 5.78 Å². The molecular weight excluding hydrogens is 412 g/mol. The number of aromatic nitrogens is 1. The number of Topliss-reactive ketones (excluding diaryl/α,β-unsaturated/α-hetero) is 1. The first-order chi connectivity index (χ1) is 14.9. The van der Waals surface area contributed by atoms with Crippen molar-refractivity contribution in [2.45, 2.75) is 52.9 Å². The molecule has 3 rings (SSSR count). The number of allylic oxidation sites excluding steroid dienone is 3. The third kappa shape index (κ3) is 5.48. The van der Waals surface area contributed by atoms with Crippen molar-refractivity contribution in [1.29, 1.82) is 0 Å². The van der Waals surface area contributed by atoms with Crippen LogP contribution in [-0.2, 0) is 14.4 Å². The van der Waals surface area contributed by atoms with Crippen molar-refractivity contribution in [2.75, 3.05) is 6.61 Å². The second-order valence-corrected chi connectivity index (χ2v) is 8.57. The van der Waals surface area contributed by atoms with E-state index in [9.17, 15) is 9.59 Å². The number of hydrogen-bond donors (Lipinski definition) is 1. The standard InChI is InChI=1S/C24H28N2O4S/c1-5-10-19(26-29-6-2)22-20(27)13-18(23-25-15(3)16(4)31-23)14-21(22)30-24(28)17-11-8-7-9-12-17/h7-12,18,26H,5-6,13-14H2,1-4H3. The Bertz CT molecular complexity index is 988. The number of carbonyl (C=O) groups is 2. The van der Waals surface area contributed by atoms with Crippen molar-refractivity contribution >= 4 is 23.1 Å². The molecule has 1 aliphatic rings. The lowest BCUT2D eigenvalue weighted by Crippen LogP contribution is -2.27. The lowest BCUT2D eigenvalue weighted by Gasteiger charge is -2.26. The van der Waals surface area contributed by atoms with E-state index >= 15 is 0 Å². The van der Waals surface area contributed by atoms with E-state index < -0.39 is 5.97 Å². The van der Waals surface area contributed by atoms with Crippen LogP contribution >= 0.6 is 11.3 Å². The van der Waals surface area contributed by atoms with Crippen molar-refractivity contribution in [3.05, 3.63) is 74.6 Å². The monoisotopic (exact) mass is 440 g/mol. The summed E-state index contributed by atoms with van der Waals surface area (Å²) in [5.41, 5.74) is 5.17. The number of ketones is 1. The van der Waals surface area contributed by atoms with Crippen LogP contribution in [0.3, 0.4) is 0 Å². The maximum absolute atomic E-state index is 13.3. The highest BCUT2D eigenvalue weighted by Gasteiger charge is 2.34. The fourth-order valence-corrected chi connectivity index (χ4v) is 4.44. The number of benzene rings is 1. The SMILES string of the molecule is CCC=C(NOCC)C1=C(OC(=O)c2ccccc2)CC(c2nc(C)c(C)s2)CC1=O. The summed E-state index contributed by atoms with van der Waals surface area (Å²) in [6, 6.07) is 8.78. The zero-order chi connectivity index (χ0) is 22.4. The Labute approximate surface area is 186 Å². The summed E-state index contributed by atoms with van der Waals surface area (Å²) in [5.74, 6) is -0.348. The van der Waals surface area contributed by atoms with Crippen molar-refractivity contribution < 1.29 is 19.2 Å². The van der Waals surface area contributed by atoms with Gasteiger partial charge in [-0.1, -0.05) is 31.2 Å². The molecule has 6 nitrogen and oxygen atoms in total. The first-order valence-corrected chi connectivity index (χ1v) is 11.3. The minimum absolute atomic E-state index is 0.0930. The van der Waals surface area contributed by atoms with Gasteiger partial charge in [0.05, 0.1) is 34.1 Å². The molecule has 0 bridgehead atoms. The quantitative estimate of drug-likeness (QED) is 0.452. The van der Waals surface area contributed by atoms with Crippen molar-refractivity contribution in [3.8, 4) is 0 Å². The van der Waals surface area contributed by atoms with Crippen LogP contribution in [0.25, 0.3) is 0 Å². The van der Waals surface area contributed by atoms with E-state index in [-0.39, 0.29) is 11.7 Å². The van der Waals surface area contributed by atoms with Crippen molar-refractivity contribution in [3.63, 3.8) is 0 Å². The highest BCUT2D eigenvalue weighted by atomic mass is 32.1. The molecule has 0 saturated carbocycles. The lowest BCUT2D eigenvalue weighted by atomic mass is 9.85. The summed E-state index contributed by atoms with van der Waals surface area (Å²) in [4.78, 5) is 37.2. The summed E-state index contributed by atoms with van der Waals surface area (Å²) in [6.45, 7) is 8.24. The zero-order valence-corrected chi connectivity index (χ0v) is 19.2.